The molecule has 2 aliphatic heterocycles. The van der Waals surface area contributed by atoms with Crippen LogP contribution in [0.25, 0.3) is 33.5 Å². The van der Waals surface area contributed by atoms with Crippen LogP contribution in [0.1, 0.15) is 69.8 Å². The molecule has 2 aromatic carbocycles. The summed E-state index contributed by atoms with van der Waals surface area (Å²) >= 11 is 0. The third-order valence-electron chi connectivity index (χ3n) is 10.1. The highest BCUT2D eigenvalue weighted by Crippen LogP contribution is 2.43. The molecule has 2 fully saturated rings. The summed E-state index contributed by atoms with van der Waals surface area (Å²) < 4.78 is 25.6. The van der Waals surface area contributed by atoms with Gasteiger partial charge in [-0.15, -0.1) is 6.42 Å². The number of ether oxygens (including phenoxy) is 1. The summed E-state index contributed by atoms with van der Waals surface area (Å²) in [5, 5.41) is 13.6. The SMILES string of the molecule is C#CCn1c(-c2cc3cccc4c3n2C(CC)CN4CCCO)nc2c(F)cc(C(=O)N3C[C@H]4CC[C@@H]3[C@@H]4NC(=O)OC(C)(C)C)cc21. The maximum absolute atomic E-state index is 16.0. The molecule has 1 unspecified atom stereocenters. The number of imidazole rings is 1. The monoisotopic (exact) mass is 654 g/mol. The van der Waals surface area contributed by atoms with Gasteiger partial charge in [0.05, 0.1) is 47.1 Å². The van der Waals surface area contributed by atoms with Crippen LogP contribution >= 0.6 is 0 Å². The first-order chi connectivity index (χ1) is 23.0. The molecule has 48 heavy (non-hydrogen) atoms. The Morgan fingerprint density at radius 3 is 2.73 bits per heavy atom. The van der Waals surface area contributed by atoms with E-state index in [1.54, 1.807) is 11.0 Å². The van der Waals surface area contributed by atoms with Crippen LogP contribution in [0.15, 0.2) is 36.4 Å². The number of aromatic nitrogens is 3. The summed E-state index contributed by atoms with van der Waals surface area (Å²) in [5.74, 6) is 2.52. The number of carbonyl (C=O) groups is 2. The van der Waals surface area contributed by atoms with Gasteiger partial charge in [-0.05, 0) is 76.6 Å². The standard InChI is InChI=1S/C37H43FN6O4/c1-6-14-42-29-19-24(35(46)43-20-23-12-13-27(43)31(23)40-36(47)48-37(3,4)5)17-26(38)32(29)39-34(42)30-18-22-10-8-11-28-33(22)44(30)25(7-2)21-41(28)15-9-16-45/h1,8,10-11,17-19,23,25,27,31,45H,7,9,12-16,20-21H2,2-5H3,(H,40,47)/t23-,25?,27-,31-/m1/s1. The Morgan fingerprint density at radius 2 is 2.00 bits per heavy atom. The summed E-state index contributed by atoms with van der Waals surface area (Å²) in [6, 6.07) is 11.0. The smallest absolute Gasteiger partial charge is 0.407 e. The molecule has 4 heterocycles. The van der Waals surface area contributed by atoms with Crippen molar-refractivity contribution < 1.29 is 23.8 Å². The van der Waals surface area contributed by atoms with Crippen LogP contribution in [0, 0.1) is 24.1 Å². The van der Waals surface area contributed by atoms with Crippen LogP contribution < -0.4 is 10.2 Å². The van der Waals surface area contributed by atoms with Gasteiger partial charge in [0, 0.05) is 37.2 Å². The lowest BCUT2D eigenvalue weighted by Crippen LogP contribution is -2.46. The molecular weight excluding hydrogens is 611 g/mol. The Labute approximate surface area is 279 Å². The van der Waals surface area contributed by atoms with E-state index in [2.05, 4.69) is 45.8 Å². The highest BCUT2D eigenvalue weighted by molar-refractivity contribution is 6.00. The van der Waals surface area contributed by atoms with Crippen molar-refractivity contribution in [1.29, 1.82) is 0 Å². The fourth-order valence-corrected chi connectivity index (χ4v) is 8.10. The second-order valence-corrected chi connectivity index (χ2v) is 14.3. The number of rotatable bonds is 8. The molecule has 2 amide bonds. The number of para-hydroxylation sites is 1. The summed E-state index contributed by atoms with van der Waals surface area (Å²) in [6.07, 6.45) is 8.58. The maximum atomic E-state index is 16.0. The van der Waals surface area contributed by atoms with E-state index in [0.29, 0.717) is 24.3 Å². The summed E-state index contributed by atoms with van der Waals surface area (Å²) in [7, 11) is 0. The number of nitrogens with zero attached hydrogens (tertiary/aromatic N) is 5. The molecule has 2 bridgehead atoms. The predicted molar refractivity (Wildman–Crippen MR) is 183 cm³/mol. The molecule has 1 aliphatic carbocycles. The molecule has 0 spiro atoms. The Balaban J connectivity index is 1.27. The normalized spacial score (nSPS) is 21.7. The third kappa shape index (κ3) is 5.36. The van der Waals surface area contributed by atoms with E-state index < -0.39 is 17.5 Å². The number of alkyl carbamates (subject to hydrolysis) is 1. The lowest BCUT2D eigenvalue weighted by molar-refractivity contribution is 0.0485. The number of hydrogen-bond acceptors (Lipinski definition) is 6. The number of piperidine rings is 1. The van der Waals surface area contributed by atoms with Crippen molar-refractivity contribution in [2.75, 3.05) is 31.1 Å². The van der Waals surface area contributed by atoms with Gasteiger partial charge in [-0.2, -0.15) is 0 Å². The maximum Gasteiger partial charge on any atom is 0.407 e. The van der Waals surface area contributed by atoms with E-state index in [1.165, 1.54) is 6.07 Å². The lowest BCUT2D eigenvalue weighted by atomic mass is 10.1. The van der Waals surface area contributed by atoms with Gasteiger partial charge in [0.25, 0.3) is 5.91 Å². The quantitative estimate of drug-likeness (QED) is 0.236. The molecular formula is C37H43FN6O4. The van der Waals surface area contributed by atoms with Crippen LogP contribution in [0.3, 0.4) is 0 Å². The van der Waals surface area contributed by atoms with Crippen molar-refractivity contribution in [3.05, 3.63) is 47.8 Å². The van der Waals surface area contributed by atoms with Gasteiger partial charge in [-0.1, -0.05) is 25.0 Å². The number of halogens is 1. The Morgan fingerprint density at radius 1 is 1.19 bits per heavy atom. The molecule has 7 rings (SSSR count). The van der Waals surface area contributed by atoms with E-state index in [0.717, 1.165) is 54.6 Å². The van der Waals surface area contributed by atoms with Crippen molar-refractivity contribution >= 4 is 39.6 Å². The number of likely N-dealkylation sites (tertiary alicyclic amines) is 1. The van der Waals surface area contributed by atoms with E-state index in [1.807, 2.05) is 31.4 Å². The van der Waals surface area contributed by atoms with Crippen LogP contribution in [0.2, 0.25) is 0 Å². The van der Waals surface area contributed by atoms with Gasteiger partial charge in [0.1, 0.15) is 11.1 Å². The van der Waals surface area contributed by atoms with Crippen LogP contribution in [0.5, 0.6) is 0 Å². The molecule has 1 saturated heterocycles. The first kappa shape index (κ1) is 32.0. The van der Waals surface area contributed by atoms with Crippen LogP contribution in [-0.4, -0.2) is 80.1 Å². The Hall–Kier alpha value is -4.56. The number of anilines is 1. The second-order valence-electron chi connectivity index (χ2n) is 14.3. The van der Waals surface area contributed by atoms with Crippen molar-refractivity contribution in [2.24, 2.45) is 5.92 Å². The molecule has 252 valence electrons. The second kappa shape index (κ2) is 12.2. The number of aliphatic hydroxyl groups is 1. The first-order valence-electron chi connectivity index (χ1n) is 17.0. The van der Waals surface area contributed by atoms with Crippen molar-refractivity contribution in [3.63, 3.8) is 0 Å². The lowest BCUT2D eigenvalue weighted by Gasteiger charge is -2.36. The Bertz CT molecular complexity index is 1950. The summed E-state index contributed by atoms with van der Waals surface area (Å²) in [5.41, 5.74) is 3.24. The number of aliphatic hydroxyl groups excluding tert-OH is 1. The van der Waals surface area contributed by atoms with E-state index >= 15 is 4.39 Å². The zero-order chi connectivity index (χ0) is 33.9. The highest BCUT2D eigenvalue weighted by Gasteiger charge is 2.50. The molecule has 2 N–H and O–H groups in total. The summed E-state index contributed by atoms with van der Waals surface area (Å²) in [4.78, 5) is 35.5. The first-order valence-corrected chi connectivity index (χ1v) is 17.0. The number of amides is 2. The number of terminal acetylenes is 1. The van der Waals surface area contributed by atoms with Crippen molar-refractivity contribution in [2.45, 2.75) is 83.6 Å². The number of fused-ring (bicyclic) bond motifs is 3. The fourth-order valence-electron chi connectivity index (χ4n) is 8.10. The van der Waals surface area contributed by atoms with Gasteiger partial charge in [0.2, 0.25) is 0 Å². The molecule has 4 aromatic rings. The topological polar surface area (TPSA) is 105 Å². The van der Waals surface area contributed by atoms with Gasteiger partial charge in [-0.25, -0.2) is 14.2 Å². The van der Waals surface area contributed by atoms with Crippen molar-refractivity contribution in [1.82, 2.24) is 24.3 Å². The third-order valence-corrected chi connectivity index (χ3v) is 10.1. The Kier molecular flexibility index (Phi) is 8.10. The molecule has 2 aromatic heterocycles. The fraction of sp³-hybridized carbons (Fsp3) is 0.486. The molecule has 1 saturated carbocycles. The molecule has 4 atom stereocenters. The molecule has 10 nitrogen and oxygen atoms in total. The minimum atomic E-state index is -0.629. The van der Waals surface area contributed by atoms with Crippen LogP contribution in [0.4, 0.5) is 14.9 Å². The number of nitrogens with one attached hydrogen (secondary N) is 1. The van der Waals surface area contributed by atoms with Crippen molar-refractivity contribution in [3.8, 4) is 23.9 Å². The zero-order valence-corrected chi connectivity index (χ0v) is 28.0. The average molecular weight is 655 g/mol. The van der Waals surface area contributed by atoms with E-state index in [-0.39, 0.29) is 54.2 Å². The number of hydrogen-bond donors (Lipinski definition) is 2. The van der Waals surface area contributed by atoms with Gasteiger partial charge >= 0.3 is 6.09 Å². The average Bonchev–Trinajstić information content (AvgIpc) is 3.81. The molecule has 0 radical (unpaired) electrons. The van der Waals surface area contributed by atoms with Gasteiger partial charge in [0.15, 0.2) is 11.6 Å². The minimum absolute atomic E-state index is 0.107. The minimum Gasteiger partial charge on any atom is -0.444 e. The molecule has 11 heteroatoms. The zero-order valence-electron chi connectivity index (χ0n) is 28.0. The largest absolute Gasteiger partial charge is 0.444 e. The van der Waals surface area contributed by atoms with Crippen LogP contribution in [-0.2, 0) is 11.3 Å². The van der Waals surface area contributed by atoms with Gasteiger partial charge in [-0.3, -0.25) is 4.79 Å². The number of carbonyl (C=O) groups excluding carboxylic acids is 2. The van der Waals surface area contributed by atoms with E-state index in [4.69, 9.17) is 16.1 Å². The van der Waals surface area contributed by atoms with E-state index in [9.17, 15) is 14.7 Å². The van der Waals surface area contributed by atoms with Gasteiger partial charge < -0.3 is 34.1 Å². The summed E-state index contributed by atoms with van der Waals surface area (Å²) in [6.45, 7) is 9.87. The number of benzene rings is 2. The molecule has 3 aliphatic rings. The highest BCUT2D eigenvalue weighted by atomic mass is 19.1. The predicted octanol–water partition coefficient (Wildman–Crippen LogP) is 5.71.